The van der Waals surface area contributed by atoms with E-state index in [0.29, 0.717) is 11.3 Å². The second kappa shape index (κ2) is 8.57. The first-order valence-corrected chi connectivity index (χ1v) is 8.42. The normalized spacial score (nSPS) is 10.6. The number of ketones is 1. The third-order valence-corrected chi connectivity index (χ3v) is 3.94. The average molecular weight is 390 g/mol. The Hall–Kier alpha value is -4.33. The van der Waals surface area contributed by atoms with Gasteiger partial charge < -0.3 is 4.74 Å². The summed E-state index contributed by atoms with van der Waals surface area (Å²) in [5, 5.41) is 22.0. The number of nitro benzene ring substituents is 2. The third-order valence-electron chi connectivity index (χ3n) is 3.94. The summed E-state index contributed by atoms with van der Waals surface area (Å²) in [7, 11) is 0. The molecule has 0 unspecified atom stereocenters. The van der Waals surface area contributed by atoms with E-state index in [4.69, 9.17) is 4.74 Å². The van der Waals surface area contributed by atoms with Gasteiger partial charge in [-0.2, -0.15) is 0 Å². The van der Waals surface area contributed by atoms with Crippen LogP contribution in [0.2, 0.25) is 0 Å². The zero-order chi connectivity index (χ0) is 20.8. The molecule has 144 valence electrons. The summed E-state index contributed by atoms with van der Waals surface area (Å²) in [5.41, 5.74) is 0.415. The van der Waals surface area contributed by atoms with Crippen LogP contribution in [0.3, 0.4) is 0 Å². The lowest BCUT2D eigenvalue weighted by Crippen LogP contribution is -1.96. The zero-order valence-corrected chi connectivity index (χ0v) is 14.9. The largest absolute Gasteiger partial charge is 0.450 e. The highest BCUT2D eigenvalue weighted by molar-refractivity contribution is 6.06. The summed E-state index contributed by atoms with van der Waals surface area (Å²) in [6, 6.07) is 18.5. The highest BCUT2D eigenvalue weighted by atomic mass is 16.6. The summed E-state index contributed by atoms with van der Waals surface area (Å²) in [5.74, 6) is 0.0732. The number of rotatable bonds is 7. The van der Waals surface area contributed by atoms with E-state index in [2.05, 4.69) is 0 Å². The van der Waals surface area contributed by atoms with Crippen molar-refractivity contribution in [2.75, 3.05) is 0 Å². The van der Waals surface area contributed by atoms with Crippen molar-refractivity contribution < 1.29 is 19.4 Å². The molecule has 3 aromatic carbocycles. The molecule has 0 heterocycles. The smallest absolute Gasteiger partial charge is 0.318 e. The Morgan fingerprint density at radius 2 is 1.55 bits per heavy atom. The number of carbonyl (C=O) groups is 1. The second-order valence-corrected chi connectivity index (χ2v) is 5.90. The molecule has 0 saturated carbocycles. The van der Waals surface area contributed by atoms with Gasteiger partial charge in [0.05, 0.1) is 15.9 Å². The molecule has 0 atom stereocenters. The van der Waals surface area contributed by atoms with Crippen molar-refractivity contribution in [2.45, 2.75) is 0 Å². The van der Waals surface area contributed by atoms with Crippen molar-refractivity contribution in [3.63, 3.8) is 0 Å². The Bertz CT molecular complexity index is 1090. The second-order valence-electron chi connectivity index (χ2n) is 5.90. The quantitative estimate of drug-likeness (QED) is 0.237. The first kappa shape index (κ1) is 19.4. The molecule has 0 aromatic heterocycles. The van der Waals surface area contributed by atoms with E-state index in [0.717, 1.165) is 17.7 Å². The summed E-state index contributed by atoms with van der Waals surface area (Å²) >= 11 is 0. The Balaban J connectivity index is 1.74. The van der Waals surface area contributed by atoms with Gasteiger partial charge in [-0.3, -0.25) is 25.0 Å². The zero-order valence-electron chi connectivity index (χ0n) is 14.9. The molecule has 0 bridgehead atoms. The van der Waals surface area contributed by atoms with Crippen molar-refractivity contribution in [3.05, 3.63) is 110 Å². The third kappa shape index (κ3) is 4.89. The molecule has 0 N–H and O–H groups in total. The van der Waals surface area contributed by atoms with E-state index < -0.39 is 21.2 Å². The minimum absolute atomic E-state index is 0.108. The lowest BCUT2D eigenvalue weighted by Gasteiger charge is -2.06. The van der Waals surface area contributed by atoms with E-state index in [1.54, 1.807) is 54.6 Å². The fraction of sp³-hybridized carbons (Fsp3) is 0. The SMILES string of the molecule is O=C(/C=C/c1ccc(Oc2ccc([N+](=O)[O-])cc2[N+](=O)[O-])cc1)c1ccccc1. The highest BCUT2D eigenvalue weighted by Gasteiger charge is 2.21. The molecule has 8 nitrogen and oxygen atoms in total. The monoisotopic (exact) mass is 390 g/mol. The van der Waals surface area contributed by atoms with E-state index in [9.17, 15) is 25.0 Å². The number of non-ortho nitro benzene ring substituents is 1. The summed E-state index contributed by atoms with van der Waals surface area (Å²) in [4.78, 5) is 32.6. The van der Waals surface area contributed by atoms with Crippen LogP contribution in [0.15, 0.2) is 78.9 Å². The molecule has 0 aliphatic rings. The fourth-order valence-electron chi connectivity index (χ4n) is 2.49. The van der Waals surface area contributed by atoms with E-state index in [-0.39, 0.29) is 11.5 Å². The van der Waals surface area contributed by atoms with Crippen LogP contribution in [-0.4, -0.2) is 15.6 Å². The van der Waals surface area contributed by atoms with Gasteiger partial charge in [-0.15, -0.1) is 0 Å². The van der Waals surface area contributed by atoms with Gasteiger partial charge in [0.25, 0.3) is 5.69 Å². The summed E-state index contributed by atoms with van der Waals surface area (Å²) < 4.78 is 5.50. The van der Waals surface area contributed by atoms with E-state index in [1.807, 2.05) is 6.07 Å². The molecule has 0 saturated heterocycles. The maximum Gasteiger partial charge on any atom is 0.318 e. The Labute approximate surface area is 165 Å². The summed E-state index contributed by atoms with van der Waals surface area (Å²) in [6.07, 6.45) is 3.10. The van der Waals surface area contributed by atoms with Crippen LogP contribution in [-0.2, 0) is 0 Å². The van der Waals surface area contributed by atoms with Gasteiger partial charge >= 0.3 is 5.69 Å². The molecule has 0 spiro atoms. The minimum atomic E-state index is -0.741. The number of ether oxygens (including phenoxy) is 1. The molecular formula is C21H14N2O6. The van der Waals surface area contributed by atoms with E-state index >= 15 is 0 Å². The molecular weight excluding hydrogens is 376 g/mol. The van der Waals surface area contributed by atoms with Crippen LogP contribution >= 0.6 is 0 Å². The first-order valence-electron chi connectivity index (χ1n) is 8.42. The maximum atomic E-state index is 12.1. The van der Waals surface area contributed by atoms with Gasteiger partial charge in [-0.05, 0) is 29.8 Å². The van der Waals surface area contributed by atoms with Gasteiger partial charge in [-0.25, -0.2) is 0 Å². The van der Waals surface area contributed by atoms with Crippen LogP contribution in [0.5, 0.6) is 11.5 Å². The molecule has 3 aromatic rings. The van der Waals surface area contributed by atoms with Gasteiger partial charge in [0.2, 0.25) is 5.75 Å². The molecule has 0 aliphatic carbocycles. The van der Waals surface area contributed by atoms with Crippen LogP contribution < -0.4 is 4.74 Å². The van der Waals surface area contributed by atoms with Crippen LogP contribution in [0.25, 0.3) is 6.08 Å². The average Bonchev–Trinajstić information content (AvgIpc) is 2.73. The molecule has 3 rings (SSSR count). The van der Waals surface area contributed by atoms with Gasteiger partial charge in [-0.1, -0.05) is 48.5 Å². The van der Waals surface area contributed by atoms with Gasteiger partial charge in [0.15, 0.2) is 5.78 Å². The van der Waals surface area contributed by atoms with Crippen LogP contribution in [0.1, 0.15) is 15.9 Å². The van der Waals surface area contributed by atoms with Crippen molar-refractivity contribution >= 4 is 23.2 Å². The van der Waals surface area contributed by atoms with Crippen molar-refractivity contribution in [1.29, 1.82) is 0 Å². The van der Waals surface area contributed by atoms with Gasteiger partial charge in [0, 0.05) is 11.6 Å². The maximum absolute atomic E-state index is 12.1. The summed E-state index contributed by atoms with van der Waals surface area (Å²) in [6.45, 7) is 0. The van der Waals surface area contributed by atoms with Crippen LogP contribution in [0.4, 0.5) is 11.4 Å². The standard InChI is InChI=1S/C21H14N2O6/c24-20(16-4-2-1-3-5-16)12-8-15-6-10-18(11-7-15)29-21-13-9-17(22(25)26)14-19(21)23(27)28/h1-14H/b12-8+. The minimum Gasteiger partial charge on any atom is -0.450 e. The number of carbonyl (C=O) groups excluding carboxylic acids is 1. The van der Waals surface area contributed by atoms with Crippen molar-refractivity contribution in [3.8, 4) is 11.5 Å². The lowest BCUT2D eigenvalue weighted by molar-refractivity contribution is -0.394. The number of benzene rings is 3. The molecule has 0 aliphatic heterocycles. The van der Waals surface area contributed by atoms with E-state index in [1.165, 1.54) is 12.1 Å². The molecule has 29 heavy (non-hydrogen) atoms. The Kier molecular flexibility index (Phi) is 5.74. The molecule has 0 fully saturated rings. The highest BCUT2D eigenvalue weighted by Crippen LogP contribution is 2.34. The Morgan fingerprint density at radius 3 is 2.17 bits per heavy atom. The molecule has 0 radical (unpaired) electrons. The van der Waals surface area contributed by atoms with Gasteiger partial charge in [0.1, 0.15) is 5.75 Å². The number of nitrogens with zero attached hydrogens (tertiary/aromatic N) is 2. The number of nitro groups is 2. The number of allylic oxidation sites excluding steroid dienone is 1. The lowest BCUT2D eigenvalue weighted by atomic mass is 10.1. The number of hydrogen-bond donors (Lipinski definition) is 0. The molecule has 8 heteroatoms. The first-order chi connectivity index (χ1) is 13.9. The topological polar surface area (TPSA) is 113 Å². The molecule has 0 amide bonds. The predicted octanol–water partition coefficient (Wildman–Crippen LogP) is 5.19. The fourth-order valence-corrected chi connectivity index (χ4v) is 2.49. The van der Waals surface area contributed by atoms with Crippen LogP contribution in [0, 0.1) is 20.2 Å². The van der Waals surface area contributed by atoms with Crippen molar-refractivity contribution in [2.24, 2.45) is 0 Å². The van der Waals surface area contributed by atoms with Crippen molar-refractivity contribution in [1.82, 2.24) is 0 Å². The Morgan fingerprint density at radius 1 is 0.862 bits per heavy atom. The predicted molar refractivity (Wildman–Crippen MR) is 106 cm³/mol. The number of hydrogen-bond acceptors (Lipinski definition) is 6.